The van der Waals surface area contributed by atoms with Crippen LogP contribution in [0.3, 0.4) is 0 Å². The van der Waals surface area contributed by atoms with Crippen molar-refractivity contribution >= 4 is 15.8 Å². The highest BCUT2D eigenvalue weighted by atomic mass is 32.2. The monoisotopic (exact) mass is 348 g/mol. The van der Waals surface area contributed by atoms with E-state index in [1.807, 2.05) is 4.90 Å². The number of pyridine rings is 1. The van der Waals surface area contributed by atoms with Crippen molar-refractivity contribution in [2.45, 2.75) is 32.1 Å². The molecule has 6 nitrogen and oxygen atoms in total. The van der Waals surface area contributed by atoms with E-state index in [0.29, 0.717) is 42.7 Å². The average Bonchev–Trinajstić information content (AvgIpc) is 2.95. The van der Waals surface area contributed by atoms with E-state index in [1.165, 1.54) is 0 Å². The van der Waals surface area contributed by atoms with E-state index in [9.17, 15) is 13.7 Å². The minimum atomic E-state index is -3.19. The van der Waals surface area contributed by atoms with Gasteiger partial charge in [0.2, 0.25) is 10.0 Å². The lowest BCUT2D eigenvalue weighted by molar-refractivity contribution is 0.424. The fourth-order valence-corrected chi connectivity index (χ4v) is 5.61. The lowest BCUT2D eigenvalue weighted by Crippen LogP contribution is -2.38. The first-order chi connectivity index (χ1) is 11.6. The van der Waals surface area contributed by atoms with Crippen LogP contribution in [0, 0.1) is 17.2 Å². The molecule has 2 aliphatic rings. The van der Waals surface area contributed by atoms with Crippen molar-refractivity contribution in [1.29, 1.82) is 5.26 Å². The van der Waals surface area contributed by atoms with Crippen LogP contribution in [0.2, 0.25) is 0 Å². The van der Waals surface area contributed by atoms with E-state index in [4.69, 9.17) is 0 Å². The second-order valence-corrected chi connectivity index (χ2v) is 8.67. The molecule has 24 heavy (non-hydrogen) atoms. The Morgan fingerprint density at radius 2 is 1.96 bits per heavy atom. The Balaban J connectivity index is 1.67. The maximum atomic E-state index is 12.7. The molecule has 0 atom stereocenters. The van der Waals surface area contributed by atoms with Crippen LogP contribution in [0.4, 0.5) is 5.82 Å². The minimum Gasteiger partial charge on any atom is -0.354 e. The van der Waals surface area contributed by atoms with Crippen molar-refractivity contribution in [3.8, 4) is 6.07 Å². The van der Waals surface area contributed by atoms with Gasteiger partial charge in [-0.05, 0) is 37.3 Å². The second-order valence-electron chi connectivity index (χ2n) is 6.66. The van der Waals surface area contributed by atoms with Gasteiger partial charge in [-0.25, -0.2) is 17.7 Å². The summed E-state index contributed by atoms with van der Waals surface area (Å²) < 4.78 is 27.0. The fraction of sp³-hybridized carbons (Fsp3) is 0.647. The smallest absolute Gasteiger partial charge is 0.214 e. The fourth-order valence-electron chi connectivity index (χ4n) is 3.70. The number of nitrogens with zero attached hydrogens (tertiary/aromatic N) is 4. The van der Waals surface area contributed by atoms with Gasteiger partial charge in [-0.2, -0.15) is 5.26 Å². The molecule has 1 saturated heterocycles. The number of hydrogen-bond donors (Lipinski definition) is 0. The molecule has 1 saturated carbocycles. The minimum absolute atomic E-state index is 0.292. The van der Waals surface area contributed by atoms with Gasteiger partial charge in [0.05, 0.1) is 11.3 Å². The van der Waals surface area contributed by atoms with Crippen LogP contribution >= 0.6 is 0 Å². The SMILES string of the molecule is N#Cc1cccnc1N1CCCN(S(=O)(=O)CC2CCCC2)CC1. The Hall–Kier alpha value is -1.65. The Labute approximate surface area is 144 Å². The summed E-state index contributed by atoms with van der Waals surface area (Å²) in [6.45, 7) is 2.33. The average molecular weight is 348 g/mol. The van der Waals surface area contributed by atoms with Gasteiger partial charge in [0, 0.05) is 32.4 Å². The lowest BCUT2D eigenvalue weighted by Gasteiger charge is -2.24. The van der Waals surface area contributed by atoms with Crippen LogP contribution in [0.15, 0.2) is 18.3 Å². The molecule has 130 valence electrons. The van der Waals surface area contributed by atoms with Crippen molar-refractivity contribution < 1.29 is 8.42 Å². The third kappa shape index (κ3) is 3.87. The molecule has 1 aromatic rings. The van der Waals surface area contributed by atoms with Gasteiger partial charge in [0.15, 0.2) is 0 Å². The summed E-state index contributed by atoms with van der Waals surface area (Å²) in [6, 6.07) is 5.67. The van der Waals surface area contributed by atoms with Crippen LogP contribution in [0.25, 0.3) is 0 Å². The molecule has 0 aromatic carbocycles. The Morgan fingerprint density at radius 3 is 2.71 bits per heavy atom. The topological polar surface area (TPSA) is 77.3 Å². The zero-order valence-electron chi connectivity index (χ0n) is 13.9. The molecule has 7 heteroatoms. The van der Waals surface area contributed by atoms with Crippen LogP contribution < -0.4 is 4.90 Å². The van der Waals surface area contributed by atoms with Crippen molar-refractivity contribution in [2.24, 2.45) is 5.92 Å². The summed E-state index contributed by atoms with van der Waals surface area (Å²) >= 11 is 0. The first-order valence-corrected chi connectivity index (χ1v) is 10.3. The van der Waals surface area contributed by atoms with E-state index in [-0.39, 0.29) is 0 Å². The molecule has 1 aliphatic carbocycles. The lowest BCUT2D eigenvalue weighted by atomic mass is 10.1. The molecule has 2 heterocycles. The maximum absolute atomic E-state index is 12.7. The molecular formula is C17H24N4O2S. The number of nitriles is 1. The van der Waals surface area contributed by atoms with Crippen LogP contribution in [0.5, 0.6) is 0 Å². The van der Waals surface area contributed by atoms with Gasteiger partial charge in [0.1, 0.15) is 11.9 Å². The normalized spacial score (nSPS) is 20.7. The predicted octanol–water partition coefficient (Wildman–Crippen LogP) is 1.99. The molecule has 0 N–H and O–H groups in total. The molecule has 0 unspecified atom stereocenters. The van der Waals surface area contributed by atoms with Gasteiger partial charge in [-0.3, -0.25) is 0 Å². The van der Waals surface area contributed by atoms with Gasteiger partial charge >= 0.3 is 0 Å². The van der Waals surface area contributed by atoms with Gasteiger partial charge in [0.25, 0.3) is 0 Å². The molecule has 1 aromatic heterocycles. The van der Waals surface area contributed by atoms with E-state index < -0.39 is 10.0 Å². The quantitative estimate of drug-likeness (QED) is 0.831. The molecule has 2 fully saturated rings. The van der Waals surface area contributed by atoms with Crippen LogP contribution in [-0.4, -0.2) is 49.6 Å². The summed E-state index contributed by atoms with van der Waals surface area (Å²) in [6.07, 6.45) is 6.83. The third-order valence-electron chi connectivity index (χ3n) is 4.98. The standard InChI is InChI=1S/C17H24N4O2S/c18-13-16-7-3-8-19-17(16)20-9-4-10-21(12-11-20)24(22,23)14-15-5-1-2-6-15/h3,7-8,15H,1-2,4-6,9-12,14H2. The molecular weight excluding hydrogens is 324 g/mol. The zero-order chi connectivity index (χ0) is 17.0. The highest BCUT2D eigenvalue weighted by molar-refractivity contribution is 7.89. The number of hydrogen-bond acceptors (Lipinski definition) is 5. The van der Waals surface area contributed by atoms with E-state index >= 15 is 0 Å². The summed E-state index contributed by atoms with van der Waals surface area (Å²) in [5.41, 5.74) is 0.541. The number of rotatable bonds is 4. The first-order valence-electron chi connectivity index (χ1n) is 8.68. The van der Waals surface area contributed by atoms with Crippen molar-refractivity contribution in [2.75, 3.05) is 36.8 Å². The van der Waals surface area contributed by atoms with Crippen molar-refractivity contribution in [3.63, 3.8) is 0 Å². The van der Waals surface area contributed by atoms with Crippen LogP contribution in [-0.2, 0) is 10.0 Å². The molecule has 3 rings (SSSR count). The molecule has 1 aliphatic heterocycles. The highest BCUT2D eigenvalue weighted by Crippen LogP contribution is 2.27. The summed E-state index contributed by atoms with van der Waals surface area (Å²) in [4.78, 5) is 6.35. The summed E-state index contributed by atoms with van der Waals surface area (Å²) in [5.74, 6) is 1.28. The molecule has 0 bridgehead atoms. The van der Waals surface area contributed by atoms with Crippen molar-refractivity contribution in [1.82, 2.24) is 9.29 Å². The van der Waals surface area contributed by atoms with Crippen LogP contribution in [0.1, 0.15) is 37.7 Å². The van der Waals surface area contributed by atoms with Gasteiger partial charge in [-0.1, -0.05) is 12.8 Å². The summed E-state index contributed by atoms with van der Waals surface area (Å²) in [7, 11) is -3.19. The maximum Gasteiger partial charge on any atom is 0.214 e. The number of sulfonamides is 1. The molecule has 0 spiro atoms. The highest BCUT2D eigenvalue weighted by Gasteiger charge is 2.29. The van der Waals surface area contributed by atoms with Gasteiger partial charge < -0.3 is 4.90 Å². The second kappa shape index (κ2) is 7.49. The largest absolute Gasteiger partial charge is 0.354 e. The Kier molecular flexibility index (Phi) is 5.36. The summed E-state index contributed by atoms with van der Waals surface area (Å²) in [5, 5.41) is 9.24. The van der Waals surface area contributed by atoms with E-state index in [1.54, 1.807) is 22.6 Å². The Bertz CT molecular complexity index is 708. The third-order valence-corrected chi connectivity index (χ3v) is 7.02. The van der Waals surface area contributed by atoms with E-state index in [2.05, 4.69) is 11.1 Å². The molecule has 0 radical (unpaired) electrons. The zero-order valence-corrected chi connectivity index (χ0v) is 14.7. The van der Waals surface area contributed by atoms with Gasteiger partial charge in [-0.15, -0.1) is 0 Å². The number of anilines is 1. The number of aromatic nitrogens is 1. The van der Waals surface area contributed by atoms with Crippen molar-refractivity contribution in [3.05, 3.63) is 23.9 Å². The molecule has 0 amide bonds. The Morgan fingerprint density at radius 1 is 1.17 bits per heavy atom. The predicted molar refractivity (Wildman–Crippen MR) is 93.1 cm³/mol. The van der Waals surface area contributed by atoms with E-state index in [0.717, 1.165) is 38.6 Å². The first kappa shape index (κ1) is 17.2.